The van der Waals surface area contributed by atoms with E-state index in [0.717, 1.165) is 5.56 Å². The summed E-state index contributed by atoms with van der Waals surface area (Å²) in [6.07, 6.45) is 0. The van der Waals surface area contributed by atoms with Crippen LogP contribution >= 0.6 is 0 Å². The van der Waals surface area contributed by atoms with Crippen molar-refractivity contribution in [3.05, 3.63) is 35.9 Å². The van der Waals surface area contributed by atoms with Gasteiger partial charge in [-0.15, -0.1) is 0 Å². The Bertz CT molecular complexity index is 265. The predicted molar refractivity (Wildman–Crippen MR) is 54.9 cm³/mol. The summed E-state index contributed by atoms with van der Waals surface area (Å²) in [4.78, 5) is 0. The van der Waals surface area contributed by atoms with Crippen LogP contribution in [0.15, 0.2) is 30.3 Å². The van der Waals surface area contributed by atoms with Crippen LogP contribution in [0.5, 0.6) is 0 Å². The number of nitrogens with one attached hydrogen (secondary N) is 1. The largest absolute Gasteiger partial charge is 0.394 e. The van der Waals surface area contributed by atoms with Gasteiger partial charge in [-0.2, -0.15) is 0 Å². The topological polar surface area (TPSA) is 32.3 Å². The van der Waals surface area contributed by atoms with Crippen LogP contribution in [-0.4, -0.2) is 24.9 Å². The van der Waals surface area contributed by atoms with Gasteiger partial charge in [0.1, 0.15) is 6.67 Å². The number of halogens is 1. The molecule has 1 aromatic rings. The first-order valence-corrected chi connectivity index (χ1v) is 4.70. The van der Waals surface area contributed by atoms with Crippen LogP contribution in [-0.2, 0) is 5.54 Å². The maximum absolute atomic E-state index is 12.0. The Morgan fingerprint density at radius 3 is 2.50 bits per heavy atom. The van der Waals surface area contributed by atoms with Gasteiger partial charge in [0.15, 0.2) is 0 Å². The molecule has 1 rings (SSSR count). The summed E-state index contributed by atoms with van der Waals surface area (Å²) >= 11 is 0. The monoisotopic (exact) mass is 197 g/mol. The van der Waals surface area contributed by atoms with Gasteiger partial charge in [-0.1, -0.05) is 30.3 Å². The molecule has 14 heavy (non-hydrogen) atoms. The van der Waals surface area contributed by atoms with Crippen LogP contribution in [0, 0.1) is 0 Å². The van der Waals surface area contributed by atoms with Gasteiger partial charge in [-0.3, -0.25) is 0 Å². The molecule has 0 aliphatic rings. The van der Waals surface area contributed by atoms with Crippen molar-refractivity contribution in [2.24, 2.45) is 0 Å². The summed E-state index contributed by atoms with van der Waals surface area (Å²) in [6.45, 7) is 1.64. The lowest BCUT2D eigenvalue weighted by molar-refractivity contribution is 0.172. The van der Waals surface area contributed by atoms with E-state index in [-0.39, 0.29) is 13.2 Å². The smallest absolute Gasteiger partial charge is 0.102 e. The Morgan fingerprint density at radius 2 is 2.00 bits per heavy atom. The predicted octanol–water partition coefficient (Wildman–Crippen LogP) is 1.45. The van der Waals surface area contributed by atoms with E-state index in [1.165, 1.54) is 0 Å². The molecule has 2 N–H and O–H groups in total. The number of alkyl halides is 1. The third kappa shape index (κ3) is 2.53. The molecule has 0 fully saturated rings. The highest BCUT2D eigenvalue weighted by atomic mass is 19.1. The fourth-order valence-electron chi connectivity index (χ4n) is 1.38. The van der Waals surface area contributed by atoms with Crippen LogP contribution < -0.4 is 5.32 Å². The van der Waals surface area contributed by atoms with Crippen molar-refractivity contribution in [1.82, 2.24) is 5.32 Å². The van der Waals surface area contributed by atoms with Crippen LogP contribution in [0.1, 0.15) is 12.5 Å². The zero-order valence-electron chi connectivity index (χ0n) is 8.33. The zero-order chi connectivity index (χ0) is 10.4. The van der Waals surface area contributed by atoms with Crippen molar-refractivity contribution in [2.75, 3.05) is 19.8 Å². The van der Waals surface area contributed by atoms with E-state index in [1.54, 1.807) is 0 Å². The Labute approximate surface area is 83.8 Å². The van der Waals surface area contributed by atoms with Crippen molar-refractivity contribution >= 4 is 0 Å². The number of aliphatic hydroxyl groups excluding tert-OH is 1. The minimum Gasteiger partial charge on any atom is -0.394 e. The van der Waals surface area contributed by atoms with Crippen LogP contribution in [0.3, 0.4) is 0 Å². The summed E-state index contributed by atoms with van der Waals surface area (Å²) in [5, 5.41) is 12.3. The second-order valence-corrected chi connectivity index (χ2v) is 3.47. The zero-order valence-corrected chi connectivity index (χ0v) is 8.33. The molecule has 0 saturated heterocycles. The van der Waals surface area contributed by atoms with E-state index in [0.29, 0.717) is 0 Å². The summed E-state index contributed by atoms with van der Waals surface area (Å²) in [7, 11) is 0. The summed E-state index contributed by atoms with van der Waals surface area (Å²) in [5.41, 5.74) is 0.420. The molecule has 0 saturated carbocycles. The molecule has 3 heteroatoms. The number of benzene rings is 1. The lowest BCUT2D eigenvalue weighted by atomic mass is 9.93. The lowest BCUT2D eigenvalue weighted by Gasteiger charge is -2.29. The SMILES string of the molecule is CC(CO)(NCCF)c1ccccc1. The summed E-state index contributed by atoms with van der Waals surface area (Å²) in [6, 6.07) is 9.56. The van der Waals surface area contributed by atoms with E-state index in [2.05, 4.69) is 5.32 Å². The fraction of sp³-hybridized carbons (Fsp3) is 0.455. The third-order valence-corrected chi connectivity index (χ3v) is 2.34. The van der Waals surface area contributed by atoms with Crippen molar-refractivity contribution in [3.63, 3.8) is 0 Å². The average Bonchev–Trinajstić information content (AvgIpc) is 2.27. The van der Waals surface area contributed by atoms with Gasteiger partial charge in [-0.25, -0.2) is 4.39 Å². The molecule has 1 unspecified atom stereocenters. The molecule has 0 bridgehead atoms. The van der Waals surface area contributed by atoms with E-state index < -0.39 is 12.2 Å². The molecule has 0 aliphatic carbocycles. The van der Waals surface area contributed by atoms with E-state index in [1.807, 2.05) is 37.3 Å². The number of hydrogen-bond acceptors (Lipinski definition) is 2. The minimum atomic E-state index is -0.548. The average molecular weight is 197 g/mol. The third-order valence-electron chi connectivity index (χ3n) is 2.34. The van der Waals surface area contributed by atoms with E-state index in [9.17, 15) is 9.50 Å². The Morgan fingerprint density at radius 1 is 1.36 bits per heavy atom. The second-order valence-electron chi connectivity index (χ2n) is 3.47. The maximum Gasteiger partial charge on any atom is 0.102 e. The molecule has 2 nitrogen and oxygen atoms in total. The molecule has 0 spiro atoms. The van der Waals surface area contributed by atoms with Gasteiger partial charge in [0.2, 0.25) is 0 Å². The highest BCUT2D eigenvalue weighted by Crippen LogP contribution is 2.19. The molecule has 78 valence electrons. The van der Waals surface area contributed by atoms with E-state index >= 15 is 0 Å². The molecule has 0 aromatic heterocycles. The first-order chi connectivity index (χ1) is 6.73. The Balaban J connectivity index is 2.79. The lowest BCUT2D eigenvalue weighted by Crippen LogP contribution is -2.43. The number of aliphatic hydroxyl groups is 1. The molecule has 1 atom stereocenters. The number of hydrogen-bond donors (Lipinski definition) is 2. The molecule has 0 radical (unpaired) electrons. The van der Waals surface area contributed by atoms with Crippen LogP contribution in [0.25, 0.3) is 0 Å². The maximum atomic E-state index is 12.0. The Kier molecular flexibility index (Phi) is 4.04. The van der Waals surface area contributed by atoms with Gasteiger partial charge < -0.3 is 10.4 Å². The van der Waals surface area contributed by atoms with Crippen molar-refractivity contribution in [1.29, 1.82) is 0 Å². The fourth-order valence-corrected chi connectivity index (χ4v) is 1.38. The van der Waals surface area contributed by atoms with Crippen LogP contribution in [0.4, 0.5) is 4.39 Å². The Hall–Kier alpha value is -0.930. The van der Waals surface area contributed by atoms with Gasteiger partial charge in [0, 0.05) is 6.54 Å². The van der Waals surface area contributed by atoms with Gasteiger partial charge in [0.25, 0.3) is 0 Å². The van der Waals surface area contributed by atoms with Crippen molar-refractivity contribution in [3.8, 4) is 0 Å². The number of rotatable bonds is 5. The first-order valence-electron chi connectivity index (χ1n) is 4.70. The van der Waals surface area contributed by atoms with Gasteiger partial charge in [-0.05, 0) is 12.5 Å². The molecular weight excluding hydrogens is 181 g/mol. The quantitative estimate of drug-likeness (QED) is 0.749. The highest BCUT2D eigenvalue weighted by Gasteiger charge is 2.24. The molecule has 0 heterocycles. The summed E-state index contributed by atoms with van der Waals surface area (Å²) in [5.74, 6) is 0. The first kappa shape index (κ1) is 11.1. The molecule has 0 aliphatic heterocycles. The molecular formula is C11H16FNO. The van der Waals surface area contributed by atoms with Crippen LogP contribution in [0.2, 0.25) is 0 Å². The minimum absolute atomic E-state index is 0.0446. The molecule has 1 aromatic carbocycles. The van der Waals surface area contributed by atoms with Gasteiger partial charge in [0.05, 0.1) is 12.1 Å². The second kappa shape index (κ2) is 5.08. The normalized spacial score (nSPS) is 15.1. The molecule has 0 amide bonds. The summed E-state index contributed by atoms with van der Waals surface area (Å²) < 4.78 is 12.0. The van der Waals surface area contributed by atoms with Crippen molar-refractivity contribution in [2.45, 2.75) is 12.5 Å². The van der Waals surface area contributed by atoms with Crippen molar-refractivity contribution < 1.29 is 9.50 Å². The van der Waals surface area contributed by atoms with E-state index in [4.69, 9.17) is 0 Å². The standard InChI is InChI=1S/C11H16FNO/c1-11(9-14,13-8-7-12)10-5-3-2-4-6-10/h2-6,13-14H,7-9H2,1H3. The highest BCUT2D eigenvalue weighted by molar-refractivity contribution is 5.23. The van der Waals surface area contributed by atoms with Gasteiger partial charge >= 0.3 is 0 Å².